The van der Waals surface area contributed by atoms with Crippen LogP contribution < -0.4 is 9.64 Å². The molecule has 0 radical (unpaired) electrons. The molecule has 1 aromatic heterocycles. The van der Waals surface area contributed by atoms with Gasteiger partial charge in [0.1, 0.15) is 11.3 Å². The lowest BCUT2D eigenvalue weighted by Crippen LogP contribution is -2.38. The van der Waals surface area contributed by atoms with Crippen LogP contribution in [0.2, 0.25) is 0 Å². The first-order valence-electron chi connectivity index (χ1n) is 10.1. The molecule has 0 aliphatic heterocycles. The molecular weight excluding hydrogens is 469 g/mol. The van der Waals surface area contributed by atoms with Crippen molar-refractivity contribution in [2.75, 3.05) is 11.2 Å². The summed E-state index contributed by atoms with van der Waals surface area (Å²) in [6, 6.07) is 12.1. The fourth-order valence-corrected chi connectivity index (χ4v) is 3.66. The fraction of sp³-hybridized carbons (Fsp3) is 0.208. The van der Waals surface area contributed by atoms with E-state index in [9.17, 15) is 27.9 Å². The lowest BCUT2D eigenvalue weighted by atomic mass is 10.1. The Labute approximate surface area is 198 Å². The first-order chi connectivity index (χ1) is 16.0. The normalized spacial score (nSPS) is 11.4. The number of aromatic carboxylic acids is 1. The number of amides is 1. The number of carbonyl (C=O) groups is 2. The van der Waals surface area contributed by atoms with Gasteiger partial charge < -0.3 is 14.7 Å². The molecule has 1 N–H and O–H groups in total. The zero-order valence-corrected chi connectivity index (χ0v) is 19.3. The Morgan fingerprint density at radius 2 is 1.76 bits per heavy atom. The molecule has 0 bridgehead atoms. The van der Waals surface area contributed by atoms with Crippen molar-refractivity contribution < 1.29 is 32.6 Å². The van der Waals surface area contributed by atoms with Gasteiger partial charge >= 0.3 is 12.1 Å². The van der Waals surface area contributed by atoms with Gasteiger partial charge in [-0.3, -0.25) is 4.79 Å². The second kappa shape index (κ2) is 10.2. The minimum absolute atomic E-state index is 0.0888. The summed E-state index contributed by atoms with van der Waals surface area (Å²) >= 11 is 1.52. The fourth-order valence-electron chi connectivity index (χ4n) is 3.25. The topological polar surface area (TPSA) is 79.7 Å². The maximum Gasteiger partial charge on any atom is 0.421 e. The molecule has 178 valence electrons. The quantitative estimate of drug-likeness (QED) is 0.388. The molecule has 0 fully saturated rings. The van der Waals surface area contributed by atoms with Crippen molar-refractivity contribution in [2.45, 2.75) is 31.0 Å². The summed E-state index contributed by atoms with van der Waals surface area (Å²) in [4.78, 5) is 31.2. The number of anilines is 1. The molecule has 3 rings (SSSR count). The first kappa shape index (κ1) is 25.1. The van der Waals surface area contributed by atoms with E-state index in [2.05, 4.69) is 4.98 Å². The van der Waals surface area contributed by atoms with Gasteiger partial charge in [-0.05, 0) is 74.7 Å². The summed E-state index contributed by atoms with van der Waals surface area (Å²) < 4.78 is 45.1. The number of rotatable bonds is 7. The highest BCUT2D eigenvalue weighted by Crippen LogP contribution is 2.37. The summed E-state index contributed by atoms with van der Waals surface area (Å²) in [5.41, 5.74) is -0.939. The van der Waals surface area contributed by atoms with E-state index in [1.165, 1.54) is 28.8 Å². The number of thioether (sulfide) groups is 1. The predicted molar refractivity (Wildman–Crippen MR) is 123 cm³/mol. The van der Waals surface area contributed by atoms with E-state index >= 15 is 0 Å². The summed E-state index contributed by atoms with van der Waals surface area (Å²) in [5.74, 6) is -2.65. The number of carboxylic acid groups (broad SMARTS) is 1. The number of carboxylic acids is 1. The third-order valence-corrected chi connectivity index (χ3v) is 5.56. The van der Waals surface area contributed by atoms with Gasteiger partial charge in [0.15, 0.2) is 0 Å². The number of hydrogen-bond acceptors (Lipinski definition) is 5. The molecule has 2 aromatic carbocycles. The lowest BCUT2D eigenvalue weighted by Gasteiger charge is -2.28. The molecule has 0 spiro atoms. The second-order valence-corrected chi connectivity index (χ2v) is 8.32. The van der Waals surface area contributed by atoms with Gasteiger partial charge in [-0.25, -0.2) is 9.78 Å². The summed E-state index contributed by atoms with van der Waals surface area (Å²) in [5, 5.41) is 9.80. The smallest absolute Gasteiger partial charge is 0.421 e. The number of hydrogen-bond donors (Lipinski definition) is 1. The number of carbonyl (C=O) groups excluding carboxylic acids is 1. The minimum Gasteiger partial charge on any atom is -0.478 e. The Morgan fingerprint density at radius 3 is 2.32 bits per heavy atom. The third kappa shape index (κ3) is 5.51. The zero-order valence-electron chi connectivity index (χ0n) is 18.5. The third-order valence-electron chi connectivity index (χ3n) is 4.82. The van der Waals surface area contributed by atoms with Crippen molar-refractivity contribution >= 4 is 29.3 Å². The number of nitrogens with zero attached hydrogens (tertiary/aromatic N) is 2. The lowest BCUT2D eigenvalue weighted by molar-refractivity contribution is -0.138. The van der Waals surface area contributed by atoms with Crippen LogP contribution in [-0.2, 0) is 6.18 Å². The van der Waals surface area contributed by atoms with E-state index in [0.29, 0.717) is 5.56 Å². The van der Waals surface area contributed by atoms with E-state index < -0.39 is 35.5 Å². The maximum absolute atomic E-state index is 13.3. The van der Waals surface area contributed by atoms with Crippen molar-refractivity contribution in [3.63, 3.8) is 0 Å². The van der Waals surface area contributed by atoms with E-state index in [0.717, 1.165) is 29.3 Å². The van der Waals surface area contributed by atoms with Crippen LogP contribution in [0.4, 0.5) is 18.9 Å². The molecular formula is C24H21F3N2O4S. The molecule has 0 aliphatic rings. The van der Waals surface area contributed by atoms with Crippen LogP contribution in [0, 0.1) is 0 Å². The number of pyridine rings is 1. The summed E-state index contributed by atoms with van der Waals surface area (Å²) in [6.45, 7) is 3.46. The molecule has 0 atom stereocenters. The van der Waals surface area contributed by atoms with Crippen molar-refractivity contribution in [3.05, 3.63) is 77.5 Å². The van der Waals surface area contributed by atoms with Crippen LogP contribution in [0.5, 0.6) is 11.6 Å². The van der Waals surface area contributed by atoms with E-state index in [1.54, 1.807) is 38.1 Å². The van der Waals surface area contributed by atoms with Crippen molar-refractivity contribution in [1.82, 2.24) is 4.98 Å². The molecule has 0 saturated heterocycles. The van der Waals surface area contributed by atoms with Gasteiger partial charge in [0, 0.05) is 22.7 Å². The SMILES string of the molecule is CSc1ccc(C(=O)N(c2ccc(Oc3ncccc3C(F)(F)F)cc2C(=O)O)C(C)C)cc1. The van der Waals surface area contributed by atoms with Gasteiger partial charge in [0.05, 0.1) is 11.3 Å². The highest BCUT2D eigenvalue weighted by molar-refractivity contribution is 7.98. The summed E-state index contributed by atoms with van der Waals surface area (Å²) in [6.07, 6.45) is -1.66. The van der Waals surface area contributed by atoms with Gasteiger partial charge in [-0.1, -0.05) is 0 Å². The molecule has 1 amide bonds. The van der Waals surface area contributed by atoms with Gasteiger partial charge in [-0.15, -0.1) is 11.8 Å². The van der Waals surface area contributed by atoms with Crippen molar-refractivity contribution in [1.29, 1.82) is 0 Å². The highest BCUT2D eigenvalue weighted by Gasteiger charge is 2.35. The number of aromatic nitrogens is 1. The Morgan fingerprint density at radius 1 is 1.09 bits per heavy atom. The Kier molecular flexibility index (Phi) is 7.51. The van der Waals surface area contributed by atoms with Crippen LogP contribution in [0.1, 0.15) is 40.1 Å². The largest absolute Gasteiger partial charge is 0.478 e. The molecule has 0 unspecified atom stereocenters. The number of alkyl halides is 3. The minimum atomic E-state index is -4.70. The summed E-state index contributed by atoms with van der Waals surface area (Å²) in [7, 11) is 0. The molecule has 10 heteroatoms. The monoisotopic (exact) mass is 490 g/mol. The molecule has 3 aromatic rings. The zero-order chi connectivity index (χ0) is 25.0. The van der Waals surface area contributed by atoms with Crippen LogP contribution in [-0.4, -0.2) is 34.3 Å². The Balaban J connectivity index is 2.01. The molecule has 1 heterocycles. The Bertz CT molecular complexity index is 1200. The van der Waals surface area contributed by atoms with Crippen LogP contribution in [0.15, 0.2) is 65.7 Å². The molecule has 6 nitrogen and oxygen atoms in total. The first-order valence-corrected chi connectivity index (χ1v) is 11.3. The number of benzene rings is 2. The second-order valence-electron chi connectivity index (χ2n) is 7.44. The van der Waals surface area contributed by atoms with Crippen molar-refractivity contribution in [3.8, 4) is 11.6 Å². The number of ether oxygens (including phenoxy) is 1. The van der Waals surface area contributed by atoms with Crippen LogP contribution in [0.3, 0.4) is 0 Å². The van der Waals surface area contributed by atoms with Gasteiger partial charge in [0.25, 0.3) is 5.91 Å². The molecule has 0 saturated carbocycles. The predicted octanol–water partition coefficient (Wildman–Crippen LogP) is 6.37. The van der Waals surface area contributed by atoms with Gasteiger partial charge in [0.2, 0.25) is 5.88 Å². The molecule has 34 heavy (non-hydrogen) atoms. The van der Waals surface area contributed by atoms with E-state index in [4.69, 9.17) is 4.74 Å². The average molecular weight is 491 g/mol. The van der Waals surface area contributed by atoms with E-state index in [1.807, 2.05) is 6.26 Å². The van der Waals surface area contributed by atoms with Gasteiger partial charge in [-0.2, -0.15) is 13.2 Å². The van der Waals surface area contributed by atoms with Crippen molar-refractivity contribution in [2.24, 2.45) is 0 Å². The van der Waals surface area contributed by atoms with E-state index in [-0.39, 0.29) is 17.0 Å². The van der Waals surface area contributed by atoms with Crippen LogP contribution >= 0.6 is 11.8 Å². The van der Waals surface area contributed by atoms with Crippen LogP contribution in [0.25, 0.3) is 0 Å². The average Bonchev–Trinajstić information content (AvgIpc) is 2.79. The highest BCUT2D eigenvalue weighted by atomic mass is 32.2. The standard InChI is InChI=1S/C24H21F3N2O4S/c1-14(2)29(22(30)15-6-9-17(34-3)10-7-15)20-11-8-16(13-18(20)23(31)32)33-21-19(24(25,26)27)5-4-12-28-21/h4-14H,1-3H3,(H,31,32). The molecule has 0 aliphatic carbocycles. The Hall–Kier alpha value is -3.53. The maximum atomic E-state index is 13.3. The number of halogens is 3.